The maximum absolute atomic E-state index is 11.3. The number of Topliss-reactive ketones (excluding diaryl/α,β-unsaturated/α-hetero) is 1. The van der Waals surface area contributed by atoms with Gasteiger partial charge in [0, 0.05) is 17.6 Å². The number of hydrogen-bond acceptors (Lipinski definition) is 4. The first kappa shape index (κ1) is 11.3. The molecule has 1 aliphatic rings. The molecule has 1 aliphatic heterocycles. The third kappa shape index (κ3) is 2.19. The summed E-state index contributed by atoms with van der Waals surface area (Å²) >= 11 is 0. The summed E-state index contributed by atoms with van der Waals surface area (Å²) in [4.78, 5) is 21.8. The smallest absolute Gasteiger partial charge is 0.213 e. The van der Waals surface area contributed by atoms with Gasteiger partial charge >= 0.3 is 0 Å². The standard InChI is InChI=1S/C10H18N2O2/c1-9(2)6-11-8(7(14)5-13)10(3,4)12-9/h5,8,11-12H,6H2,1-4H3. The molecule has 0 saturated carbocycles. The number of carbonyl (C=O) groups is 2. The molecule has 0 bridgehead atoms. The van der Waals surface area contributed by atoms with Crippen molar-refractivity contribution in [1.29, 1.82) is 0 Å². The minimum atomic E-state index is -0.423. The number of nitrogens with one attached hydrogen (secondary N) is 2. The number of hydrogen-bond donors (Lipinski definition) is 2. The molecule has 1 atom stereocenters. The van der Waals surface area contributed by atoms with Crippen molar-refractivity contribution in [3.05, 3.63) is 0 Å². The zero-order chi connectivity index (χ0) is 11.0. The average molecular weight is 198 g/mol. The zero-order valence-corrected chi connectivity index (χ0v) is 9.18. The van der Waals surface area contributed by atoms with Crippen LogP contribution >= 0.6 is 0 Å². The summed E-state index contributed by atoms with van der Waals surface area (Å²) in [5.41, 5.74) is -0.442. The van der Waals surface area contributed by atoms with E-state index in [2.05, 4.69) is 24.5 Å². The second-order valence-corrected chi connectivity index (χ2v) is 5.06. The number of aldehydes is 1. The molecular weight excluding hydrogens is 180 g/mol. The molecule has 1 rings (SSSR count). The molecule has 2 N–H and O–H groups in total. The van der Waals surface area contributed by atoms with Crippen LogP contribution in [0.2, 0.25) is 0 Å². The van der Waals surface area contributed by atoms with E-state index in [-0.39, 0.29) is 11.1 Å². The molecule has 4 nitrogen and oxygen atoms in total. The highest BCUT2D eigenvalue weighted by atomic mass is 16.2. The summed E-state index contributed by atoms with van der Waals surface area (Å²) in [7, 11) is 0. The predicted octanol–water partition coefficient (Wildman–Crippen LogP) is -0.127. The van der Waals surface area contributed by atoms with E-state index in [9.17, 15) is 9.59 Å². The lowest BCUT2D eigenvalue weighted by Gasteiger charge is -2.47. The minimum Gasteiger partial charge on any atom is -0.304 e. The third-order valence-electron chi connectivity index (χ3n) is 2.53. The minimum absolute atomic E-state index is 0.0524. The number of ketones is 1. The van der Waals surface area contributed by atoms with Gasteiger partial charge in [0.1, 0.15) is 0 Å². The molecule has 0 radical (unpaired) electrons. The summed E-state index contributed by atoms with van der Waals surface area (Å²) in [5.74, 6) is -0.391. The molecule has 0 aromatic carbocycles. The van der Waals surface area contributed by atoms with Crippen molar-refractivity contribution < 1.29 is 9.59 Å². The van der Waals surface area contributed by atoms with Crippen LogP contribution in [0.25, 0.3) is 0 Å². The van der Waals surface area contributed by atoms with Gasteiger partial charge in [0.15, 0.2) is 6.29 Å². The summed E-state index contributed by atoms with van der Waals surface area (Å²) in [6.07, 6.45) is 0.388. The highest BCUT2D eigenvalue weighted by molar-refractivity contribution is 6.27. The first-order chi connectivity index (χ1) is 6.28. The largest absolute Gasteiger partial charge is 0.304 e. The van der Waals surface area contributed by atoms with Crippen LogP contribution in [0.15, 0.2) is 0 Å². The van der Waals surface area contributed by atoms with Crippen molar-refractivity contribution in [2.24, 2.45) is 0 Å². The van der Waals surface area contributed by atoms with E-state index < -0.39 is 11.8 Å². The van der Waals surface area contributed by atoms with Crippen molar-refractivity contribution in [3.63, 3.8) is 0 Å². The second kappa shape index (κ2) is 3.44. The van der Waals surface area contributed by atoms with E-state index in [0.717, 1.165) is 0 Å². The van der Waals surface area contributed by atoms with Crippen LogP contribution in [-0.4, -0.2) is 35.7 Å². The Morgan fingerprint density at radius 2 is 1.93 bits per heavy atom. The van der Waals surface area contributed by atoms with Gasteiger partial charge < -0.3 is 10.6 Å². The normalized spacial score (nSPS) is 29.6. The molecule has 0 aliphatic carbocycles. The fraction of sp³-hybridized carbons (Fsp3) is 0.800. The first-order valence-electron chi connectivity index (χ1n) is 4.80. The van der Waals surface area contributed by atoms with Gasteiger partial charge in [-0.05, 0) is 27.7 Å². The first-order valence-corrected chi connectivity index (χ1v) is 4.80. The van der Waals surface area contributed by atoms with Gasteiger partial charge in [0.25, 0.3) is 0 Å². The molecule has 0 spiro atoms. The fourth-order valence-electron chi connectivity index (χ4n) is 2.13. The van der Waals surface area contributed by atoms with Gasteiger partial charge in [-0.25, -0.2) is 0 Å². The van der Waals surface area contributed by atoms with E-state index >= 15 is 0 Å². The highest BCUT2D eigenvalue weighted by Crippen LogP contribution is 2.20. The molecule has 1 saturated heterocycles. The molecular formula is C10H18N2O2. The summed E-state index contributed by atoms with van der Waals surface area (Å²) in [6.45, 7) is 8.65. The van der Waals surface area contributed by atoms with E-state index in [1.165, 1.54) is 0 Å². The van der Waals surface area contributed by atoms with Crippen LogP contribution in [0.3, 0.4) is 0 Å². The monoisotopic (exact) mass is 198 g/mol. The van der Waals surface area contributed by atoms with Gasteiger partial charge in [-0.3, -0.25) is 9.59 Å². The van der Waals surface area contributed by atoms with Crippen molar-refractivity contribution in [3.8, 4) is 0 Å². The van der Waals surface area contributed by atoms with Crippen molar-refractivity contribution in [1.82, 2.24) is 10.6 Å². The lowest BCUT2D eigenvalue weighted by molar-refractivity contribution is -0.133. The Bertz CT molecular complexity index is 259. The molecule has 0 aromatic heterocycles. The Hall–Kier alpha value is -0.740. The lowest BCUT2D eigenvalue weighted by Crippen LogP contribution is -2.72. The molecule has 0 amide bonds. The topological polar surface area (TPSA) is 58.2 Å². The van der Waals surface area contributed by atoms with Gasteiger partial charge in [-0.1, -0.05) is 0 Å². The SMILES string of the molecule is CC1(C)CNC(C(=O)C=O)C(C)(C)N1. The summed E-state index contributed by atoms with van der Waals surface area (Å²) in [5, 5.41) is 6.46. The number of carbonyl (C=O) groups excluding carboxylic acids is 2. The Kier molecular flexibility index (Phi) is 2.78. The Morgan fingerprint density at radius 3 is 2.36 bits per heavy atom. The maximum atomic E-state index is 11.3. The fourth-order valence-corrected chi connectivity index (χ4v) is 2.13. The molecule has 1 fully saturated rings. The number of piperazine rings is 1. The predicted molar refractivity (Wildman–Crippen MR) is 54.2 cm³/mol. The molecule has 14 heavy (non-hydrogen) atoms. The van der Waals surface area contributed by atoms with Gasteiger partial charge in [0.2, 0.25) is 5.78 Å². The van der Waals surface area contributed by atoms with Crippen LogP contribution in [0.1, 0.15) is 27.7 Å². The van der Waals surface area contributed by atoms with Gasteiger partial charge in [0.05, 0.1) is 6.04 Å². The van der Waals surface area contributed by atoms with Crippen molar-refractivity contribution in [2.45, 2.75) is 44.8 Å². The van der Waals surface area contributed by atoms with Crippen LogP contribution in [0.4, 0.5) is 0 Å². The molecule has 0 aromatic rings. The van der Waals surface area contributed by atoms with E-state index in [0.29, 0.717) is 12.8 Å². The molecule has 1 heterocycles. The van der Waals surface area contributed by atoms with Crippen molar-refractivity contribution in [2.75, 3.05) is 6.54 Å². The Labute approximate surface area is 84.4 Å². The summed E-state index contributed by atoms with van der Waals surface area (Å²) < 4.78 is 0. The molecule has 1 unspecified atom stereocenters. The van der Waals surface area contributed by atoms with Gasteiger partial charge in [-0.2, -0.15) is 0 Å². The van der Waals surface area contributed by atoms with Crippen LogP contribution in [0, 0.1) is 0 Å². The average Bonchev–Trinajstić information content (AvgIpc) is 1.99. The third-order valence-corrected chi connectivity index (χ3v) is 2.53. The van der Waals surface area contributed by atoms with Crippen LogP contribution in [0.5, 0.6) is 0 Å². The zero-order valence-electron chi connectivity index (χ0n) is 9.18. The lowest BCUT2D eigenvalue weighted by atomic mass is 9.84. The number of rotatable bonds is 2. The highest BCUT2D eigenvalue weighted by Gasteiger charge is 2.42. The quantitative estimate of drug-likeness (QED) is 0.479. The van der Waals surface area contributed by atoms with E-state index in [1.807, 2.05) is 13.8 Å². The Morgan fingerprint density at radius 1 is 1.36 bits per heavy atom. The van der Waals surface area contributed by atoms with E-state index in [4.69, 9.17) is 0 Å². The molecule has 4 heteroatoms. The van der Waals surface area contributed by atoms with Crippen LogP contribution < -0.4 is 10.6 Å². The van der Waals surface area contributed by atoms with Crippen molar-refractivity contribution >= 4 is 12.1 Å². The van der Waals surface area contributed by atoms with E-state index in [1.54, 1.807) is 0 Å². The second-order valence-electron chi connectivity index (χ2n) is 5.06. The maximum Gasteiger partial charge on any atom is 0.213 e. The van der Waals surface area contributed by atoms with Gasteiger partial charge in [-0.15, -0.1) is 0 Å². The molecule has 80 valence electrons. The van der Waals surface area contributed by atoms with Crippen LogP contribution in [-0.2, 0) is 9.59 Å². The summed E-state index contributed by atoms with van der Waals surface area (Å²) in [6, 6.07) is -0.423. The Balaban J connectivity index is 2.83.